The monoisotopic (exact) mass is 344 g/mol. The van der Waals surface area contributed by atoms with Crippen LogP contribution >= 0.6 is 11.3 Å². The van der Waals surface area contributed by atoms with Crippen LogP contribution in [0.3, 0.4) is 0 Å². The Balaban J connectivity index is 1.42. The molecule has 2 aromatic heterocycles. The molecule has 0 N–H and O–H groups in total. The largest absolute Gasteiger partial charge is 0.347 e. The number of hydrogen-bond acceptors (Lipinski definition) is 5. The predicted molar refractivity (Wildman–Crippen MR) is 97.0 cm³/mol. The highest BCUT2D eigenvalue weighted by Crippen LogP contribution is 2.35. The summed E-state index contributed by atoms with van der Waals surface area (Å²) in [5.74, 6) is 0.476. The summed E-state index contributed by atoms with van der Waals surface area (Å²) in [4.78, 5) is 20.7. The highest BCUT2D eigenvalue weighted by atomic mass is 32.1. The van der Waals surface area contributed by atoms with Gasteiger partial charge in [0.25, 0.3) is 5.56 Å². The second-order valence-electron chi connectivity index (χ2n) is 7.98. The van der Waals surface area contributed by atoms with Gasteiger partial charge in [0, 0.05) is 35.4 Å². The summed E-state index contributed by atoms with van der Waals surface area (Å²) in [5, 5.41) is 5.74. The number of anilines is 1. The molecule has 0 aromatic carbocycles. The molecule has 0 amide bonds. The van der Waals surface area contributed by atoms with Gasteiger partial charge in [0.2, 0.25) is 0 Å². The molecular formula is C18H24N4OS. The molecule has 0 radical (unpaired) electrons. The molecule has 0 spiro atoms. The van der Waals surface area contributed by atoms with Gasteiger partial charge in [-0.2, -0.15) is 5.10 Å². The Bertz CT molecular complexity index is 790. The van der Waals surface area contributed by atoms with Gasteiger partial charge in [-0.05, 0) is 25.3 Å². The van der Waals surface area contributed by atoms with Crippen molar-refractivity contribution in [2.45, 2.75) is 52.0 Å². The summed E-state index contributed by atoms with van der Waals surface area (Å²) < 4.78 is 1.64. The molecule has 5 nitrogen and oxygen atoms in total. The molecule has 0 saturated carbocycles. The van der Waals surface area contributed by atoms with Crippen molar-refractivity contribution in [1.82, 2.24) is 14.8 Å². The Labute approximate surface area is 146 Å². The van der Waals surface area contributed by atoms with E-state index in [0.29, 0.717) is 12.5 Å². The minimum atomic E-state index is -0.0391. The second-order valence-corrected chi connectivity index (χ2v) is 9.04. The van der Waals surface area contributed by atoms with Gasteiger partial charge in [-0.1, -0.05) is 20.8 Å². The summed E-state index contributed by atoms with van der Waals surface area (Å²) >= 11 is 1.85. The number of nitrogens with zero attached hydrogens (tertiary/aromatic N) is 4. The summed E-state index contributed by atoms with van der Waals surface area (Å²) in [5.41, 5.74) is 2.24. The Morgan fingerprint density at radius 1 is 1.25 bits per heavy atom. The van der Waals surface area contributed by atoms with Crippen LogP contribution in [0.25, 0.3) is 0 Å². The van der Waals surface area contributed by atoms with Crippen LogP contribution in [0.4, 0.5) is 5.13 Å². The number of fused-ring (bicyclic) bond motifs is 1. The second kappa shape index (κ2) is 5.69. The van der Waals surface area contributed by atoms with E-state index in [1.54, 1.807) is 10.7 Å². The molecule has 1 aliphatic heterocycles. The molecule has 3 heterocycles. The van der Waals surface area contributed by atoms with Crippen molar-refractivity contribution in [2.24, 2.45) is 5.92 Å². The minimum absolute atomic E-state index is 0.00493. The van der Waals surface area contributed by atoms with E-state index >= 15 is 0 Å². The highest BCUT2D eigenvalue weighted by Gasteiger charge is 2.31. The van der Waals surface area contributed by atoms with E-state index < -0.39 is 0 Å². The van der Waals surface area contributed by atoms with Gasteiger partial charge in [-0.15, -0.1) is 11.3 Å². The first kappa shape index (κ1) is 15.8. The maximum Gasteiger partial charge on any atom is 0.266 e. The zero-order valence-corrected chi connectivity index (χ0v) is 15.4. The zero-order valence-electron chi connectivity index (χ0n) is 14.6. The molecule has 2 aliphatic rings. The van der Waals surface area contributed by atoms with Crippen molar-refractivity contribution >= 4 is 16.5 Å². The number of aryl methyl sites for hydroxylation is 2. The lowest BCUT2D eigenvalue weighted by Gasteiger charge is -2.39. The number of thiazole rings is 1. The molecular weight excluding hydrogens is 320 g/mol. The summed E-state index contributed by atoms with van der Waals surface area (Å²) in [6.45, 7) is 9.01. The molecule has 0 atom stereocenters. The van der Waals surface area contributed by atoms with Crippen molar-refractivity contribution in [1.29, 1.82) is 0 Å². The van der Waals surface area contributed by atoms with Gasteiger partial charge in [0.05, 0.1) is 17.9 Å². The van der Waals surface area contributed by atoms with Crippen LogP contribution in [0, 0.1) is 5.92 Å². The van der Waals surface area contributed by atoms with Crippen molar-refractivity contribution in [3.05, 3.63) is 38.8 Å². The van der Waals surface area contributed by atoms with Gasteiger partial charge < -0.3 is 4.90 Å². The molecule has 6 heteroatoms. The van der Waals surface area contributed by atoms with Crippen LogP contribution in [-0.4, -0.2) is 27.9 Å². The topological polar surface area (TPSA) is 51.0 Å². The van der Waals surface area contributed by atoms with Gasteiger partial charge >= 0.3 is 0 Å². The van der Waals surface area contributed by atoms with Crippen LogP contribution in [0.1, 0.15) is 43.5 Å². The average Bonchev–Trinajstić information content (AvgIpc) is 3.03. The van der Waals surface area contributed by atoms with Crippen molar-refractivity contribution < 1.29 is 0 Å². The molecule has 0 unspecified atom stereocenters. The average molecular weight is 344 g/mol. The molecule has 1 saturated heterocycles. The smallest absolute Gasteiger partial charge is 0.266 e. The third-order valence-corrected chi connectivity index (χ3v) is 6.10. The van der Waals surface area contributed by atoms with E-state index in [-0.39, 0.29) is 11.0 Å². The van der Waals surface area contributed by atoms with Gasteiger partial charge in [0.15, 0.2) is 5.13 Å². The number of rotatable bonds is 3. The molecule has 0 bridgehead atoms. The lowest BCUT2D eigenvalue weighted by atomic mass is 9.92. The van der Waals surface area contributed by atoms with E-state index in [2.05, 4.69) is 30.8 Å². The lowest BCUT2D eigenvalue weighted by molar-refractivity contribution is 0.329. The fourth-order valence-electron chi connectivity index (χ4n) is 3.38. The first-order valence-corrected chi connectivity index (χ1v) is 9.54. The van der Waals surface area contributed by atoms with Gasteiger partial charge in [0.1, 0.15) is 0 Å². The number of hydrogen-bond donors (Lipinski definition) is 0. The third-order valence-electron chi connectivity index (χ3n) is 4.88. The van der Waals surface area contributed by atoms with Crippen LogP contribution in [0.15, 0.2) is 16.9 Å². The van der Waals surface area contributed by atoms with Gasteiger partial charge in [-0.3, -0.25) is 4.79 Å². The zero-order chi connectivity index (χ0) is 16.9. The maximum absolute atomic E-state index is 12.1. The van der Waals surface area contributed by atoms with Gasteiger partial charge in [-0.25, -0.2) is 9.67 Å². The molecule has 1 fully saturated rings. The van der Waals surface area contributed by atoms with Crippen molar-refractivity contribution in [2.75, 3.05) is 18.0 Å². The normalized spacial score (nSPS) is 17.9. The summed E-state index contributed by atoms with van der Waals surface area (Å²) in [6.07, 6.45) is 3.60. The third kappa shape index (κ3) is 2.88. The molecule has 4 rings (SSSR count). The number of aromatic nitrogens is 3. The predicted octanol–water partition coefficient (Wildman–Crippen LogP) is 2.62. The summed E-state index contributed by atoms with van der Waals surface area (Å²) in [7, 11) is 0. The SMILES string of the molecule is CC(C)(C)c1ccc(=O)n(CC2CN(c3nc4c(s3)CCC4)C2)n1. The first-order chi connectivity index (χ1) is 11.4. The Hall–Kier alpha value is -1.69. The first-order valence-electron chi connectivity index (χ1n) is 8.72. The summed E-state index contributed by atoms with van der Waals surface area (Å²) in [6, 6.07) is 3.50. The van der Waals surface area contributed by atoms with Crippen LogP contribution < -0.4 is 10.5 Å². The van der Waals surface area contributed by atoms with E-state index in [1.807, 2.05) is 17.4 Å². The quantitative estimate of drug-likeness (QED) is 0.859. The van der Waals surface area contributed by atoms with E-state index in [4.69, 9.17) is 4.98 Å². The lowest BCUT2D eigenvalue weighted by Crippen LogP contribution is -2.49. The minimum Gasteiger partial charge on any atom is -0.347 e. The fraction of sp³-hybridized carbons (Fsp3) is 0.611. The van der Waals surface area contributed by atoms with Crippen molar-refractivity contribution in [3.63, 3.8) is 0 Å². The van der Waals surface area contributed by atoms with Crippen LogP contribution in [-0.2, 0) is 24.8 Å². The van der Waals surface area contributed by atoms with E-state index in [1.165, 1.54) is 28.5 Å². The Kier molecular flexibility index (Phi) is 3.75. The van der Waals surface area contributed by atoms with Crippen molar-refractivity contribution in [3.8, 4) is 0 Å². The fourth-order valence-corrected chi connectivity index (χ4v) is 4.54. The molecule has 128 valence electrons. The Morgan fingerprint density at radius 3 is 2.75 bits per heavy atom. The van der Waals surface area contributed by atoms with Crippen LogP contribution in [0.5, 0.6) is 0 Å². The molecule has 1 aliphatic carbocycles. The molecule has 24 heavy (non-hydrogen) atoms. The molecule has 2 aromatic rings. The Morgan fingerprint density at radius 2 is 2.04 bits per heavy atom. The maximum atomic E-state index is 12.1. The highest BCUT2D eigenvalue weighted by molar-refractivity contribution is 7.15. The van der Waals surface area contributed by atoms with Crippen LogP contribution in [0.2, 0.25) is 0 Å². The van der Waals surface area contributed by atoms with E-state index in [0.717, 1.165) is 25.2 Å². The standard InChI is InChI=1S/C18H24N4OS/c1-18(2,3)15-7-8-16(23)22(20-15)11-12-9-21(10-12)17-19-13-5-4-6-14(13)24-17/h7-8,12H,4-6,9-11H2,1-3H3. The van der Waals surface area contributed by atoms with E-state index in [9.17, 15) is 4.79 Å².